The number of nitrogens with one attached hydrogen (secondary N) is 1. The van der Waals surface area contributed by atoms with E-state index in [1.165, 1.54) is 31.4 Å². The molecule has 22 heavy (non-hydrogen) atoms. The number of esters is 1. The van der Waals surface area contributed by atoms with Crippen LogP contribution in [-0.4, -0.2) is 29.7 Å². The molecule has 1 aromatic rings. The minimum absolute atomic E-state index is 0.00418. The first-order valence-electron chi connectivity index (χ1n) is 7.66. The van der Waals surface area contributed by atoms with Gasteiger partial charge in [0, 0.05) is 12.6 Å². The standard InChI is InChI=1S/C16H22N2O4/c1-11-10-14(22-18-11)16(20)21-12(2)15(19)17-9-8-13-6-4-3-5-7-13/h6,10,12H,3-5,7-9H2,1-2H3,(H,17,19)/t12-/m1/s1. The maximum Gasteiger partial charge on any atom is 0.377 e. The fourth-order valence-corrected chi connectivity index (χ4v) is 2.35. The average Bonchev–Trinajstić information content (AvgIpc) is 2.95. The second-order valence-corrected chi connectivity index (χ2v) is 5.53. The van der Waals surface area contributed by atoms with E-state index in [0.29, 0.717) is 12.2 Å². The first-order chi connectivity index (χ1) is 10.6. The van der Waals surface area contributed by atoms with E-state index in [1.54, 1.807) is 6.92 Å². The Morgan fingerprint density at radius 1 is 1.45 bits per heavy atom. The normalized spacial score (nSPS) is 15.8. The highest BCUT2D eigenvalue weighted by Gasteiger charge is 2.21. The minimum atomic E-state index is -0.863. The van der Waals surface area contributed by atoms with Crippen LogP contribution in [0.5, 0.6) is 0 Å². The van der Waals surface area contributed by atoms with Crippen LogP contribution in [0.2, 0.25) is 0 Å². The molecule has 1 atom stereocenters. The van der Waals surface area contributed by atoms with Crippen molar-refractivity contribution in [3.8, 4) is 0 Å². The summed E-state index contributed by atoms with van der Waals surface area (Å²) < 4.78 is 9.86. The molecule has 2 rings (SSSR count). The molecular weight excluding hydrogens is 284 g/mol. The maximum absolute atomic E-state index is 11.9. The number of amides is 1. The Hall–Kier alpha value is -2.11. The summed E-state index contributed by atoms with van der Waals surface area (Å²) in [7, 11) is 0. The third kappa shape index (κ3) is 4.72. The number of hydrogen-bond donors (Lipinski definition) is 1. The van der Waals surface area contributed by atoms with Gasteiger partial charge in [-0.25, -0.2) is 4.79 Å². The molecule has 6 nitrogen and oxygen atoms in total. The summed E-state index contributed by atoms with van der Waals surface area (Å²) >= 11 is 0. The first kappa shape index (κ1) is 16.3. The number of rotatable bonds is 6. The van der Waals surface area contributed by atoms with Gasteiger partial charge in [-0.05, 0) is 46.0 Å². The van der Waals surface area contributed by atoms with Crippen LogP contribution in [-0.2, 0) is 9.53 Å². The highest BCUT2D eigenvalue weighted by atomic mass is 16.6. The van der Waals surface area contributed by atoms with Crippen molar-refractivity contribution in [2.75, 3.05) is 6.54 Å². The van der Waals surface area contributed by atoms with Crippen LogP contribution in [0.15, 0.2) is 22.2 Å². The van der Waals surface area contributed by atoms with Gasteiger partial charge in [0.1, 0.15) is 0 Å². The smallest absolute Gasteiger partial charge is 0.377 e. The van der Waals surface area contributed by atoms with Crippen LogP contribution in [0.1, 0.15) is 55.3 Å². The fraction of sp³-hybridized carbons (Fsp3) is 0.562. The summed E-state index contributed by atoms with van der Waals surface area (Å²) in [6.45, 7) is 3.81. The van der Waals surface area contributed by atoms with Crippen molar-refractivity contribution >= 4 is 11.9 Å². The predicted octanol–water partition coefficient (Wildman–Crippen LogP) is 2.54. The van der Waals surface area contributed by atoms with Crippen LogP contribution in [0.3, 0.4) is 0 Å². The van der Waals surface area contributed by atoms with Gasteiger partial charge in [-0.1, -0.05) is 16.8 Å². The summed E-state index contributed by atoms with van der Waals surface area (Å²) in [5, 5.41) is 6.40. The number of carbonyl (C=O) groups is 2. The molecule has 0 unspecified atom stereocenters. The van der Waals surface area contributed by atoms with E-state index in [2.05, 4.69) is 16.5 Å². The molecule has 0 aromatic carbocycles. The lowest BCUT2D eigenvalue weighted by Gasteiger charge is -2.15. The van der Waals surface area contributed by atoms with Crippen LogP contribution < -0.4 is 5.32 Å². The number of aryl methyl sites for hydroxylation is 1. The van der Waals surface area contributed by atoms with Gasteiger partial charge in [0.25, 0.3) is 5.91 Å². The van der Waals surface area contributed by atoms with Crippen molar-refractivity contribution in [1.82, 2.24) is 10.5 Å². The first-order valence-corrected chi connectivity index (χ1v) is 7.66. The van der Waals surface area contributed by atoms with Crippen molar-refractivity contribution in [2.24, 2.45) is 0 Å². The molecule has 1 N–H and O–H groups in total. The van der Waals surface area contributed by atoms with E-state index in [4.69, 9.17) is 9.26 Å². The Kier molecular flexibility index (Phi) is 5.75. The van der Waals surface area contributed by atoms with Gasteiger partial charge < -0.3 is 14.6 Å². The molecule has 0 radical (unpaired) electrons. The zero-order valence-electron chi connectivity index (χ0n) is 13.1. The van der Waals surface area contributed by atoms with Crippen LogP contribution >= 0.6 is 0 Å². The van der Waals surface area contributed by atoms with E-state index in [9.17, 15) is 9.59 Å². The van der Waals surface area contributed by atoms with Gasteiger partial charge in [0.15, 0.2) is 6.10 Å². The molecule has 1 aliphatic rings. The molecule has 0 spiro atoms. The molecule has 0 aliphatic heterocycles. The highest BCUT2D eigenvalue weighted by molar-refractivity contribution is 5.89. The molecule has 0 saturated heterocycles. The van der Waals surface area contributed by atoms with Gasteiger partial charge >= 0.3 is 5.97 Å². The quantitative estimate of drug-likeness (QED) is 0.645. The SMILES string of the molecule is Cc1cc(C(=O)O[C@H](C)C(=O)NCCC2=CCCCC2)on1. The highest BCUT2D eigenvalue weighted by Crippen LogP contribution is 2.19. The topological polar surface area (TPSA) is 81.4 Å². The molecule has 120 valence electrons. The monoisotopic (exact) mass is 306 g/mol. The lowest BCUT2D eigenvalue weighted by atomic mass is 9.97. The summed E-state index contributed by atoms with van der Waals surface area (Å²) in [6.07, 6.45) is 6.98. The van der Waals surface area contributed by atoms with Crippen molar-refractivity contribution in [3.05, 3.63) is 29.2 Å². The molecule has 1 heterocycles. The maximum atomic E-state index is 11.9. The Bertz CT molecular complexity index is 562. The molecule has 0 bridgehead atoms. The van der Waals surface area contributed by atoms with Crippen molar-refractivity contribution in [1.29, 1.82) is 0 Å². The molecular formula is C16H22N2O4. The van der Waals surface area contributed by atoms with Crippen LogP contribution in [0, 0.1) is 6.92 Å². The summed E-state index contributed by atoms with van der Waals surface area (Å²) in [5.74, 6) is -0.983. The number of aromatic nitrogens is 1. The van der Waals surface area contributed by atoms with Gasteiger partial charge in [-0.3, -0.25) is 4.79 Å². The summed E-state index contributed by atoms with van der Waals surface area (Å²) in [6, 6.07) is 1.47. The van der Waals surface area contributed by atoms with E-state index in [1.807, 2.05) is 0 Å². The third-order valence-electron chi connectivity index (χ3n) is 3.61. The Labute approximate surface area is 129 Å². The van der Waals surface area contributed by atoms with E-state index >= 15 is 0 Å². The zero-order valence-corrected chi connectivity index (χ0v) is 13.1. The van der Waals surface area contributed by atoms with Crippen molar-refractivity contribution in [2.45, 2.75) is 52.1 Å². The molecule has 1 aromatic heterocycles. The predicted molar refractivity (Wildman–Crippen MR) is 80.3 cm³/mol. The number of ether oxygens (including phenoxy) is 1. The number of hydrogen-bond acceptors (Lipinski definition) is 5. The Morgan fingerprint density at radius 3 is 2.91 bits per heavy atom. The molecule has 6 heteroatoms. The second-order valence-electron chi connectivity index (χ2n) is 5.53. The van der Waals surface area contributed by atoms with E-state index < -0.39 is 12.1 Å². The van der Waals surface area contributed by atoms with Crippen molar-refractivity contribution < 1.29 is 18.8 Å². The molecule has 1 aliphatic carbocycles. The van der Waals surface area contributed by atoms with Gasteiger partial charge in [-0.2, -0.15) is 0 Å². The summed E-state index contributed by atoms with van der Waals surface area (Å²) in [5.41, 5.74) is 1.98. The lowest BCUT2D eigenvalue weighted by molar-refractivity contribution is -0.129. The average molecular weight is 306 g/mol. The van der Waals surface area contributed by atoms with Crippen molar-refractivity contribution in [3.63, 3.8) is 0 Å². The van der Waals surface area contributed by atoms with E-state index in [0.717, 1.165) is 19.3 Å². The van der Waals surface area contributed by atoms with Gasteiger partial charge in [0.2, 0.25) is 5.76 Å². The van der Waals surface area contributed by atoms with Crippen LogP contribution in [0.25, 0.3) is 0 Å². The number of nitrogens with zero attached hydrogens (tertiary/aromatic N) is 1. The van der Waals surface area contributed by atoms with Gasteiger partial charge in [0.05, 0.1) is 5.69 Å². The van der Waals surface area contributed by atoms with Crippen LogP contribution in [0.4, 0.5) is 0 Å². The van der Waals surface area contributed by atoms with E-state index in [-0.39, 0.29) is 11.7 Å². The fourth-order valence-electron chi connectivity index (χ4n) is 2.35. The Morgan fingerprint density at radius 2 is 2.27 bits per heavy atom. The largest absolute Gasteiger partial charge is 0.447 e. The second kappa shape index (κ2) is 7.77. The molecule has 1 amide bonds. The Balaban J connectivity index is 1.72. The lowest BCUT2D eigenvalue weighted by Crippen LogP contribution is -2.36. The van der Waals surface area contributed by atoms with Gasteiger partial charge in [-0.15, -0.1) is 0 Å². The molecule has 0 fully saturated rings. The third-order valence-corrected chi connectivity index (χ3v) is 3.61. The zero-order chi connectivity index (χ0) is 15.9. The number of carbonyl (C=O) groups excluding carboxylic acids is 2. The number of allylic oxidation sites excluding steroid dienone is 1. The minimum Gasteiger partial charge on any atom is -0.447 e. The molecule has 0 saturated carbocycles. The summed E-state index contributed by atoms with van der Waals surface area (Å²) in [4.78, 5) is 23.7.